The fourth-order valence-electron chi connectivity index (χ4n) is 9.03. The molecule has 1 aliphatic heterocycles. The first-order chi connectivity index (χ1) is 18.3. The van der Waals surface area contributed by atoms with Crippen LogP contribution in [0.1, 0.15) is 167 Å². The van der Waals surface area contributed by atoms with Crippen molar-refractivity contribution in [1.82, 2.24) is 5.32 Å². The zero-order chi connectivity index (χ0) is 27.2. The normalized spacial score (nSPS) is 26.8. The first-order valence-corrected chi connectivity index (χ1v) is 18.5. The molecule has 1 nitrogen and oxygen atoms in total. The molecule has 0 bridgehead atoms. The zero-order valence-electron chi connectivity index (χ0n) is 26.2. The van der Waals surface area contributed by atoms with Crippen molar-refractivity contribution in [2.24, 2.45) is 5.41 Å². The molecule has 3 aliphatic carbocycles. The molecule has 0 aromatic heterocycles. The van der Waals surface area contributed by atoms with E-state index < -0.39 is 0 Å². The summed E-state index contributed by atoms with van der Waals surface area (Å²) in [6.07, 6.45) is 27.1. The van der Waals surface area contributed by atoms with Gasteiger partial charge >= 0.3 is 0 Å². The predicted octanol–water partition coefficient (Wildman–Crippen LogP) is 11.1. The molecule has 4 aliphatic rings. The highest BCUT2D eigenvalue weighted by molar-refractivity contribution is 7.60. The Bertz CT molecular complexity index is 774. The molecular formula is C36H62NP. The molecule has 3 saturated carbocycles. The third-order valence-corrected chi connectivity index (χ3v) is 14.6. The average Bonchev–Trinajstić information content (AvgIpc) is 3.16. The van der Waals surface area contributed by atoms with Crippen molar-refractivity contribution in [3.8, 4) is 0 Å². The molecule has 1 N–H and O–H groups in total. The number of nitrogens with one attached hydrogen (secondary N) is 1. The van der Waals surface area contributed by atoms with Gasteiger partial charge in [-0.3, -0.25) is 0 Å². The van der Waals surface area contributed by atoms with Gasteiger partial charge in [0.25, 0.3) is 0 Å². The van der Waals surface area contributed by atoms with Gasteiger partial charge in [0, 0.05) is 11.6 Å². The Morgan fingerprint density at radius 2 is 1.05 bits per heavy atom. The van der Waals surface area contributed by atoms with Gasteiger partial charge in [0.2, 0.25) is 0 Å². The van der Waals surface area contributed by atoms with E-state index in [1.807, 2.05) is 0 Å². The lowest BCUT2D eigenvalue weighted by atomic mass is 9.76. The van der Waals surface area contributed by atoms with Crippen LogP contribution in [0.2, 0.25) is 0 Å². The Labute approximate surface area is 238 Å². The van der Waals surface area contributed by atoms with Crippen LogP contribution < -0.4 is 5.32 Å². The summed E-state index contributed by atoms with van der Waals surface area (Å²) in [5.74, 6) is 0. The molecule has 216 valence electrons. The first-order valence-electron chi connectivity index (χ1n) is 16.9. The summed E-state index contributed by atoms with van der Waals surface area (Å²) in [6.45, 7) is 14.0. The predicted molar refractivity (Wildman–Crippen MR) is 171 cm³/mol. The quantitative estimate of drug-likeness (QED) is 0.354. The maximum atomic E-state index is 3.89. The Morgan fingerprint density at radius 3 is 1.37 bits per heavy atom. The van der Waals surface area contributed by atoms with Crippen LogP contribution in [0.4, 0.5) is 0 Å². The molecule has 1 atom stereocenters. The van der Waals surface area contributed by atoms with E-state index in [-0.39, 0.29) is 5.54 Å². The monoisotopic (exact) mass is 539 g/mol. The highest BCUT2D eigenvalue weighted by Gasteiger charge is 2.45. The minimum Gasteiger partial charge on any atom is -0.304 e. The molecule has 4 fully saturated rings. The summed E-state index contributed by atoms with van der Waals surface area (Å²) < 4.78 is 0. The van der Waals surface area contributed by atoms with Crippen LogP contribution in [0, 0.1) is 5.41 Å². The molecule has 1 saturated heterocycles. The molecular weight excluding hydrogens is 477 g/mol. The molecule has 1 unspecified atom stereocenters. The average molecular weight is 540 g/mol. The van der Waals surface area contributed by atoms with E-state index in [0.717, 1.165) is 12.8 Å². The van der Waals surface area contributed by atoms with E-state index in [0.29, 0.717) is 19.4 Å². The van der Waals surface area contributed by atoms with Gasteiger partial charge in [-0.1, -0.05) is 112 Å². The molecule has 0 spiro atoms. The van der Waals surface area contributed by atoms with Crippen molar-refractivity contribution >= 4 is 7.92 Å². The zero-order valence-corrected chi connectivity index (χ0v) is 27.1. The van der Waals surface area contributed by atoms with Crippen LogP contribution in [0.25, 0.3) is 0 Å². The van der Waals surface area contributed by atoms with Gasteiger partial charge in [0.05, 0.1) is 0 Å². The van der Waals surface area contributed by atoms with Crippen LogP contribution in [0.5, 0.6) is 0 Å². The number of rotatable bonds is 6. The number of hydrogen-bond donors (Lipinski definition) is 1. The third kappa shape index (κ3) is 7.66. The van der Waals surface area contributed by atoms with E-state index in [2.05, 4.69) is 65.1 Å². The summed E-state index contributed by atoms with van der Waals surface area (Å²) in [5.41, 5.74) is 8.73. The van der Waals surface area contributed by atoms with Crippen molar-refractivity contribution in [3.63, 3.8) is 0 Å². The second-order valence-corrected chi connectivity index (χ2v) is 17.7. The molecule has 1 heterocycles. The van der Waals surface area contributed by atoms with Crippen molar-refractivity contribution in [2.75, 3.05) is 0 Å². The maximum Gasteiger partial charge on any atom is 0.0382 e. The van der Waals surface area contributed by atoms with Gasteiger partial charge in [-0.05, 0) is 111 Å². The number of benzene rings is 1. The Kier molecular flexibility index (Phi) is 11.3. The Balaban J connectivity index is 0.000000177. The van der Waals surface area contributed by atoms with Crippen molar-refractivity contribution in [3.05, 3.63) is 34.9 Å². The van der Waals surface area contributed by atoms with Crippen LogP contribution in [0.15, 0.2) is 18.2 Å². The van der Waals surface area contributed by atoms with Gasteiger partial charge < -0.3 is 5.32 Å². The van der Waals surface area contributed by atoms with Gasteiger partial charge in [0.1, 0.15) is 0 Å². The SMILES string of the molecule is C1CCC(P(C2CCCCC2)C2CCCCC2)CC1.CCc1cccc(CC)c1C1NC(C)(C)CC1(C)C. The van der Waals surface area contributed by atoms with Crippen molar-refractivity contribution in [2.45, 2.75) is 186 Å². The molecule has 0 radical (unpaired) electrons. The molecule has 1 aromatic carbocycles. The topological polar surface area (TPSA) is 12.0 Å². The third-order valence-electron chi connectivity index (χ3n) is 10.5. The van der Waals surface area contributed by atoms with Crippen LogP contribution >= 0.6 is 7.92 Å². The standard InChI is InChI=1S/C18H29N.C18H33P/c1-7-13-10-9-11-14(8-2)15(13)16-17(3,4)12-18(5,6)19-16;1-4-10-16(11-5-1)19(17-12-6-2-7-13-17)18-14-8-3-9-15-18/h9-11,16,19H,7-8,12H2,1-6H3;16-18H,1-15H2. The van der Waals surface area contributed by atoms with E-state index in [9.17, 15) is 0 Å². The highest BCUT2D eigenvalue weighted by Crippen LogP contribution is 2.61. The van der Waals surface area contributed by atoms with Crippen LogP contribution in [-0.2, 0) is 12.8 Å². The lowest BCUT2D eigenvalue weighted by molar-refractivity contribution is 0.314. The molecule has 1 aromatic rings. The molecule has 0 amide bonds. The molecule has 5 rings (SSSR count). The van der Waals surface area contributed by atoms with E-state index in [4.69, 9.17) is 0 Å². The molecule has 2 heteroatoms. The van der Waals surface area contributed by atoms with E-state index >= 15 is 0 Å². The summed E-state index contributed by atoms with van der Waals surface area (Å²) in [4.78, 5) is 0. The van der Waals surface area contributed by atoms with Gasteiger partial charge in [-0.25, -0.2) is 0 Å². The fraction of sp³-hybridized carbons (Fsp3) is 0.833. The van der Waals surface area contributed by atoms with E-state index in [1.54, 1.807) is 82.6 Å². The summed E-state index contributed by atoms with van der Waals surface area (Å²) in [6, 6.07) is 7.30. The highest BCUT2D eigenvalue weighted by atomic mass is 31.1. The summed E-state index contributed by atoms with van der Waals surface area (Å²) in [5, 5.41) is 3.89. The lowest BCUT2D eigenvalue weighted by Gasteiger charge is -2.44. The Morgan fingerprint density at radius 1 is 0.658 bits per heavy atom. The fourth-order valence-corrected chi connectivity index (χ4v) is 13.7. The minimum absolute atomic E-state index is 0.236. The lowest BCUT2D eigenvalue weighted by Crippen LogP contribution is -2.34. The van der Waals surface area contributed by atoms with Crippen molar-refractivity contribution in [1.29, 1.82) is 0 Å². The summed E-state index contributed by atoms with van der Waals surface area (Å²) in [7, 11) is 0.385. The van der Waals surface area contributed by atoms with Gasteiger partial charge in [-0.2, -0.15) is 0 Å². The van der Waals surface area contributed by atoms with Gasteiger partial charge in [0.15, 0.2) is 0 Å². The minimum atomic E-state index is 0.236. The van der Waals surface area contributed by atoms with Crippen LogP contribution in [-0.4, -0.2) is 22.5 Å². The number of hydrogen-bond acceptors (Lipinski definition) is 1. The van der Waals surface area contributed by atoms with Crippen LogP contribution in [0.3, 0.4) is 0 Å². The number of aryl methyl sites for hydroxylation is 2. The van der Waals surface area contributed by atoms with E-state index in [1.165, 1.54) is 53.8 Å². The second kappa shape index (κ2) is 14.0. The largest absolute Gasteiger partial charge is 0.304 e. The van der Waals surface area contributed by atoms with Gasteiger partial charge in [-0.15, -0.1) is 0 Å². The first kappa shape index (κ1) is 30.6. The second-order valence-electron chi connectivity index (χ2n) is 14.6. The van der Waals surface area contributed by atoms with Crippen molar-refractivity contribution < 1.29 is 0 Å². The molecule has 38 heavy (non-hydrogen) atoms. The Hall–Kier alpha value is -0.390. The summed E-state index contributed by atoms with van der Waals surface area (Å²) >= 11 is 0. The maximum absolute atomic E-state index is 3.89. The smallest absolute Gasteiger partial charge is 0.0382 e.